The first-order valence-electron chi connectivity index (χ1n) is 8.56. The van der Waals surface area contributed by atoms with E-state index in [0.717, 1.165) is 28.3 Å². The molecule has 1 amide bonds. The minimum Gasteiger partial charge on any atom is -0.377 e. The van der Waals surface area contributed by atoms with E-state index in [1.807, 2.05) is 6.07 Å². The average Bonchev–Trinajstić information content (AvgIpc) is 2.92. The Morgan fingerprint density at radius 1 is 1.16 bits per heavy atom. The Morgan fingerprint density at radius 3 is 2.48 bits per heavy atom. The number of hydrogen-bond acceptors (Lipinski definition) is 3. The molecular weight excluding hydrogens is 316 g/mol. The van der Waals surface area contributed by atoms with Gasteiger partial charge in [0.15, 0.2) is 5.78 Å². The van der Waals surface area contributed by atoms with Crippen LogP contribution in [-0.4, -0.2) is 36.0 Å². The van der Waals surface area contributed by atoms with Crippen molar-refractivity contribution >= 4 is 17.4 Å². The molecule has 25 heavy (non-hydrogen) atoms. The standard InChI is InChI=1S/C20H24N2O3/c1-13-5-6-14(2)21(13)17-9-7-16-8-10-20(24)22(18(16)11-17)15(3)19(23)12-25-4/h5-7,9,11,15H,8,10,12H2,1-4H3. The van der Waals surface area contributed by atoms with Crippen LogP contribution in [0.2, 0.25) is 0 Å². The zero-order valence-corrected chi connectivity index (χ0v) is 15.2. The quantitative estimate of drug-likeness (QED) is 0.841. The number of methoxy groups -OCH3 is 1. The van der Waals surface area contributed by atoms with E-state index in [9.17, 15) is 9.59 Å². The smallest absolute Gasteiger partial charge is 0.227 e. The maximum Gasteiger partial charge on any atom is 0.227 e. The fourth-order valence-corrected chi connectivity index (χ4v) is 3.53. The van der Waals surface area contributed by atoms with Crippen molar-refractivity contribution in [3.63, 3.8) is 0 Å². The summed E-state index contributed by atoms with van der Waals surface area (Å²) in [6.45, 7) is 5.89. The number of hydrogen-bond donors (Lipinski definition) is 0. The van der Waals surface area contributed by atoms with E-state index in [0.29, 0.717) is 12.8 Å². The topological polar surface area (TPSA) is 51.5 Å². The second-order valence-corrected chi connectivity index (χ2v) is 6.60. The van der Waals surface area contributed by atoms with Crippen molar-refractivity contribution in [1.82, 2.24) is 4.57 Å². The monoisotopic (exact) mass is 340 g/mol. The van der Waals surface area contributed by atoms with Gasteiger partial charge in [-0.25, -0.2) is 0 Å². The number of ether oxygens (including phenoxy) is 1. The van der Waals surface area contributed by atoms with Gasteiger partial charge in [0.1, 0.15) is 6.61 Å². The number of rotatable bonds is 5. The number of anilines is 1. The minimum atomic E-state index is -0.534. The Hall–Kier alpha value is -2.40. The van der Waals surface area contributed by atoms with E-state index in [4.69, 9.17) is 4.74 Å². The first-order valence-corrected chi connectivity index (χ1v) is 8.56. The molecule has 2 heterocycles. The summed E-state index contributed by atoms with van der Waals surface area (Å²) in [5.41, 5.74) is 5.20. The lowest BCUT2D eigenvalue weighted by Gasteiger charge is -2.34. The highest BCUT2D eigenvalue weighted by Gasteiger charge is 2.32. The predicted octanol–water partition coefficient (Wildman–Crippen LogP) is 2.98. The molecule has 0 aliphatic carbocycles. The molecule has 1 aromatic heterocycles. The molecule has 0 saturated heterocycles. The number of benzene rings is 1. The number of ketones is 1. The molecule has 2 aromatic rings. The molecule has 1 aliphatic rings. The molecule has 1 unspecified atom stereocenters. The number of carbonyl (C=O) groups excluding carboxylic acids is 2. The van der Waals surface area contributed by atoms with Gasteiger partial charge < -0.3 is 14.2 Å². The van der Waals surface area contributed by atoms with Crippen LogP contribution in [0.15, 0.2) is 30.3 Å². The summed E-state index contributed by atoms with van der Waals surface area (Å²) < 4.78 is 7.11. The van der Waals surface area contributed by atoms with Gasteiger partial charge in [0, 0.05) is 36.3 Å². The highest BCUT2D eigenvalue weighted by Crippen LogP contribution is 2.32. The molecule has 0 radical (unpaired) electrons. The predicted molar refractivity (Wildman–Crippen MR) is 97.4 cm³/mol. The lowest BCUT2D eigenvalue weighted by Crippen LogP contribution is -2.47. The number of carbonyl (C=O) groups is 2. The third-order valence-corrected chi connectivity index (χ3v) is 4.87. The van der Waals surface area contributed by atoms with Crippen molar-refractivity contribution in [2.45, 2.75) is 39.7 Å². The molecular formula is C20H24N2O3. The summed E-state index contributed by atoms with van der Waals surface area (Å²) in [5.74, 6) is -0.106. The van der Waals surface area contributed by atoms with Crippen LogP contribution in [0.3, 0.4) is 0 Å². The molecule has 1 aliphatic heterocycles. The Kier molecular flexibility index (Phi) is 4.77. The minimum absolute atomic E-state index is 0.00971. The van der Waals surface area contributed by atoms with E-state index < -0.39 is 6.04 Å². The lowest BCUT2D eigenvalue weighted by atomic mass is 9.98. The van der Waals surface area contributed by atoms with Gasteiger partial charge in [0.2, 0.25) is 5.91 Å². The van der Waals surface area contributed by atoms with E-state index in [1.165, 1.54) is 7.11 Å². The molecule has 132 valence electrons. The Morgan fingerprint density at radius 2 is 1.84 bits per heavy atom. The van der Waals surface area contributed by atoms with Gasteiger partial charge in [-0.05, 0) is 57.0 Å². The molecule has 5 heteroatoms. The Bertz CT molecular complexity index is 803. The Labute approximate surface area is 148 Å². The normalized spacial score (nSPS) is 15.2. The van der Waals surface area contributed by atoms with E-state index in [-0.39, 0.29) is 18.3 Å². The van der Waals surface area contributed by atoms with Crippen LogP contribution in [0.5, 0.6) is 0 Å². The highest BCUT2D eigenvalue weighted by atomic mass is 16.5. The van der Waals surface area contributed by atoms with Crippen molar-refractivity contribution in [3.05, 3.63) is 47.3 Å². The van der Waals surface area contributed by atoms with Crippen LogP contribution in [0, 0.1) is 13.8 Å². The first-order chi connectivity index (χ1) is 11.9. The zero-order chi connectivity index (χ0) is 18.1. The summed E-state index contributed by atoms with van der Waals surface area (Å²) in [6.07, 6.45) is 1.14. The molecule has 1 atom stereocenters. The van der Waals surface area contributed by atoms with Gasteiger partial charge >= 0.3 is 0 Å². The van der Waals surface area contributed by atoms with Crippen LogP contribution in [0.25, 0.3) is 5.69 Å². The van der Waals surface area contributed by atoms with Crippen molar-refractivity contribution in [1.29, 1.82) is 0 Å². The Balaban J connectivity index is 2.06. The number of nitrogens with zero attached hydrogens (tertiary/aromatic N) is 2. The van der Waals surface area contributed by atoms with Crippen LogP contribution in [0.1, 0.15) is 30.3 Å². The maximum absolute atomic E-state index is 12.6. The highest BCUT2D eigenvalue weighted by molar-refractivity contribution is 6.03. The molecule has 0 spiro atoms. The van der Waals surface area contributed by atoms with Crippen molar-refractivity contribution in [2.24, 2.45) is 0 Å². The van der Waals surface area contributed by atoms with Crippen LogP contribution in [-0.2, 0) is 20.7 Å². The molecule has 5 nitrogen and oxygen atoms in total. The van der Waals surface area contributed by atoms with E-state index in [2.05, 4.69) is 42.7 Å². The van der Waals surface area contributed by atoms with Gasteiger partial charge in [-0.3, -0.25) is 9.59 Å². The number of aromatic nitrogens is 1. The van der Waals surface area contributed by atoms with Gasteiger partial charge in [-0.15, -0.1) is 0 Å². The largest absolute Gasteiger partial charge is 0.377 e. The van der Waals surface area contributed by atoms with E-state index in [1.54, 1.807) is 11.8 Å². The summed E-state index contributed by atoms with van der Waals surface area (Å²) in [7, 11) is 1.49. The van der Waals surface area contributed by atoms with Crippen LogP contribution >= 0.6 is 0 Å². The number of Topliss-reactive ketones (excluding diaryl/α,β-unsaturated/α-hetero) is 1. The average molecular weight is 340 g/mol. The molecule has 1 aromatic carbocycles. The third-order valence-electron chi connectivity index (χ3n) is 4.87. The molecule has 0 bridgehead atoms. The number of amides is 1. The van der Waals surface area contributed by atoms with Gasteiger partial charge in [0.05, 0.1) is 6.04 Å². The summed E-state index contributed by atoms with van der Waals surface area (Å²) in [5, 5.41) is 0. The van der Waals surface area contributed by atoms with Crippen LogP contribution < -0.4 is 4.90 Å². The molecule has 0 saturated carbocycles. The van der Waals surface area contributed by atoms with Crippen molar-refractivity contribution in [3.8, 4) is 5.69 Å². The summed E-state index contributed by atoms with van der Waals surface area (Å²) in [6, 6.07) is 9.77. The lowest BCUT2D eigenvalue weighted by molar-refractivity contribution is -0.127. The third kappa shape index (κ3) is 3.12. The van der Waals surface area contributed by atoms with E-state index >= 15 is 0 Å². The fraction of sp³-hybridized carbons (Fsp3) is 0.400. The molecule has 0 fully saturated rings. The summed E-state index contributed by atoms with van der Waals surface area (Å²) in [4.78, 5) is 26.5. The second-order valence-electron chi connectivity index (χ2n) is 6.60. The SMILES string of the molecule is COCC(=O)C(C)N1C(=O)CCc2ccc(-n3c(C)ccc3C)cc21. The maximum atomic E-state index is 12.6. The fourth-order valence-electron chi connectivity index (χ4n) is 3.53. The first kappa shape index (κ1) is 17.4. The van der Waals surface area contributed by atoms with Gasteiger partial charge in [-0.1, -0.05) is 6.07 Å². The van der Waals surface area contributed by atoms with Crippen molar-refractivity contribution in [2.75, 3.05) is 18.6 Å². The second kappa shape index (κ2) is 6.84. The molecule has 3 rings (SSSR count). The van der Waals surface area contributed by atoms with Gasteiger partial charge in [-0.2, -0.15) is 0 Å². The zero-order valence-electron chi connectivity index (χ0n) is 15.2. The van der Waals surface area contributed by atoms with Crippen molar-refractivity contribution < 1.29 is 14.3 Å². The summed E-state index contributed by atoms with van der Waals surface area (Å²) >= 11 is 0. The number of fused-ring (bicyclic) bond motifs is 1. The molecule has 0 N–H and O–H groups in total. The number of aryl methyl sites for hydroxylation is 3. The van der Waals surface area contributed by atoms with Gasteiger partial charge in [0.25, 0.3) is 0 Å². The van der Waals surface area contributed by atoms with Crippen LogP contribution in [0.4, 0.5) is 5.69 Å².